The van der Waals surface area contributed by atoms with E-state index in [-0.39, 0.29) is 17.1 Å². The third-order valence-corrected chi connectivity index (χ3v) is 6.53. The number of hydrogen-bond acceptors (Lipinski definition) is 6. The highest BCUT2D eigenvalue weighted by Gasteiger charge is 2.22. The molecule has 0 saturated heterocycles. The minimum absolute atomic E-state index is 0.00732. The van der Waals surface area contributed by atoms with Crippen LogP contribution in [0.25, 0.3) is 27.7 Å². The number of ether oxygens (including phenoxy) is 1. The van der Waals surface area contributed by atoms with Crippen LogP contribution >= 0.6 is 11.6 Å². The summed E-state index contributed by atoms with van der Waals surface area (Å²) in [4.78, 5) is 35.7. The Morgan fingerprint density at radius 1 is 1.05 bits per heavy atom. The predicted octanol–water partition coefficient (Wildman–Crippen LogP) is 5.18. The van der Waals surface area contributed by atoms with Crippen molar-refractivity contribution >= 4 is 34.1 Å². The smallest absolute Gasteiger partial charge is 0.274 e. The van der Waals surface area contributed by atoms with Crippen LogP contribution in [0.5, 0.6) is 5.75 Å². The molecular weight excluding hydrogens is 502 g/mol. The zero-order valence-electron chi connectivity index (χ0n) is 20.7. The summed E-state index contributed by atoms with van der Waals surface area (Å²) in [6.45, 7) is 1.79. The van der Waals surface area contributed by atoms with Gasteiger partial charge in [0, 0.05) is 16.9 Å². The SMILES string of the molecule is COc1cccc(-c2cnc(N)c(C(=O)NC(C)c3cc4cccc(Cl)c4c(=O)n3-c3ccccc3)n2)c1. The highest BCUT2D eigenvalue weighted by Crippen LogP contribution is 2.26. The van der Waals surface area contributed by atoms with Gasteiger partial charge in [0.25, 0.3) is 11.5 Å². The number of carbonyl (C=O) groups is 1. The quantitative estimate of drug-likeness (QED) is 0.316. The average molecular weight is 526 g/mol. The molecule has 0 spiro atoms. The second-order valence-electron chi connectivity index (χ2n) is 8.67. The van der Waals surface area contributed by atoms with Gasteiger partial charge < -0.3 is 15.8 Å². The number of carbonyl (C=O) groups excluding carboxylic acids is 1. The third-order valence-electron chi connectivity index (χ3n) is 6.21. The van der Waals surface area contributed by atoms with Crippen molar-refractivity contribution in [3.05, 3.63) is 112 Å². The number of anilines is 1. The molecule has 3 aromatic carbocycles. The van der Waals surface area contributed by atoms with Crippen molar-refractivity contribution in [2.75, 3.05) is 12.8 Å². The van der Waals surface area contributed by atoms with Crippen LogP contribution < -0.4 is 21.3 Å². The maximum atomic E-state index is 13.7. The molecule has 5 aromatic rings. The molecule has 190 valence electrons. The molecule has 38 heavy (non-hydrogen) atoms. The number of nitrogen functional groups attached to an aromatic ring is 1. The molecule has 2 aromatic heterocycles. The van der Waals surface area contributed by atoms with Crippen molar-refractivity contribution in [1.29, 1.82) is 0 Å². The molecule has 2 heterocycles. The molecule has 1 atom stereocenters. The number of aromatic nitrogens is 3. The lowest BCUT2D eigenvalue weighted by molar-refractivity contribution is 0.0934. The van der Waals surface area contributed by atoms with Crippen molar-refractivity contribution in [2.24, 2.45) is 0 Å². The average Bonchev–Trinajstić information content (AvgIpc) is 2.93. The topological polar surface area (TPSA) is 112 Å². The zero-order valence-corrected chi connectivity index (χ0v) is 21.4. The summed E-state index contributed by atoms with van der Waals surface area (Å²) in [5, 5.41) is 4.37. The Bertz CT molecular complexity index is 1720. The van der Waals surface area contributed by atoms with Crippen molar-refractivity contribution < 1.29 is 9.53 Å². The third kappa shape index (κ3) is 4.69. The van der Waals surface area contributed by atoms with Crippen LogP contribution in [-0.4, -0.2) is 27.6 Å². The van der Waals surface area contributed by atoms with Crippen LogP contribution in [0.4, 0.5) is 5.82 Å². The van der Waals surface area contributed by atoms with E-state index in [2.05, 4.69) is 15.3 Å². The standard InChI is InChI=1S/C29H24ClN5O3/c1-17(33-28(36)26-27(31)32-16-23(34-26)18-8-6-12-21(14-18)38-2)24-15-19-9-7-13-22(30)25(19)29(37)35(24)20-10-4-3-5-11-20/h3-17H,1-2H3,(H2,31,32)(H,33,36). The fourth-order valence-electron chi connectivity index (χ4n) is 4.33. The molecule has 9 heteroatoms. The first kappa shape index (κ1) is 25.0. The fourth-order valence-corrected chi connectivity index (χ4v) is 4.59. The van der Waals surface area contributed by atoms with Crippen LogP contribution in [0.1, 0.15) is 29.1 Å². The molecule has 3 N–H and O–H groups in total. The molecular formula is C29H24ClN5O3. The Hall–Kier alpha value is -4.69. The fraction of sp³-hybridized carbons (Fsp3) is 0.103. The van der Waals surface area contributed by atoms with Crippen LogP contribution in [0, 0.1) is 0 Å². The first-order valence-corrected chi connectivity index (χ1v) is 12.2. The molecule has 0 aliphatic heterocycles. The Morgan fingerprint density at radius 2 is 1.82 bits per heavy atom. The minimum atomic E-state index is -0.597. The number of fused-ring (bicyclic) bond motifs is 1. The molecule has 0 radical (unpaired) electrons. The lowest BCUT2D eigenvalue weighted by atomic mass is 10.1. The molecule has 1 unspecified atom stereocenters. The van der Waals surface area contributed by atoms with E-state index in [1.807, 2.05) is 60.7 Å². The first-order valence-electron chi connectivity index (χ1n) is 11.8. The summed E-state index contributed by atoms with van der Waals surface area (Å²) < 4.78 is 6.84. The second-order valence-corrected chi connectivity index (χ2v) is 9.07. The maximum Gasteiger partial charge on any atom is 0.274 e. The van der Waals surface area contributed by atoms with Crippen LogP contribution in [0.2, 0.25) is 5.02 Å². The molecule has 0 saturated carbocycles. The van der Waals surface area contributed by atoms with Gasteiger partial charge in [-0.3, -0.25) is 14.2 Å². The van der Waals surface area contributed by atoms with Gasteiger partial charge in [0.05, 0.1) is 35.5 Å². The molecule has 0 aliphatic carbocycles. The zero-order chi connectivity index (χ0) is 26.8. The molecule has 0 aliphatic rings. The number of halogens is 1. The Labute approximate surface area is 223 Å². The van der Waals surface area contributed by atoms with Gasteiger partial charge in [-0.25, -0.2) is 9.97 Å². The van der Waals surface area contributed by atoms with Crippen LogP contribution in [0.15, 0.2) is 89.9 Å². The monoisotopic (exact) mass is 525 g/mol. The Balaban J connectivity index is 1.55. The number of nitrogens with one attached hydrogen (secondary N) is 1. The lowest BCUT2D eigenvalue weighted by Crippen LogP contribution is -2.33. The van der Waals surface area contributed by atoms with Gasteiger partial charge in [-0.05, 0) is 48.7 Å². The van der Waals surface area contributed by atoms with Crippen molar-refractivity contribution in [3.8, 4) is 22.7 Å². The number of pyridine rings is 1. The highest BCUT2D eigenvalue weighted by atomic mass is 35.5. The van der Waals surface area contributed by atoms with Crippen LogP contribution in [0.3, 0.4) is 0 Å². The Kier molecular flexibility index (Phi) is 6.81. The number of amides is 1. The largest absolute Gasteiger partial charge is 0.497 e. The van der Waals surface area contributed by atoms with E-state index in [1.165, 1.54) is 6.20 Å². The van der Waals surface area contributed by atoms with E-state index < -0.39 is 11.9 Å². The molecule has 0 fully saturated rings. The van der Waals surface area contributed by atoms with Gasteiger partial charge in [-0.2, -0.15) is 0 Å². The van der Waals surface area contributed by atoms with E-state index in [0.29, 0.717) is 38.6 Å². The summed E-state index contributed by atoms with van der Waals surface area (Å²) in [6.07, 6.45) is 1.50. The minimum Gasteiger partial charge on any atom is -0.497 e. The predicted molar refractivity (Wildman–Crippen MR) is 149 cm³/mol. The van der Waals surface area contributed by atoms with Gasteiger partial charge in [-0.1, -0.05) is 54.1 Å². The number of rotatable bonds is 6. The van der Waals surface area contributed by atoms with E-state index >= 15 is 0 Å². The molecule has 1 amide bonds. The van der Waals surface area contributed by atoms with Gasteiger partial charge in [0.1, 0.15) is 5.75 Å². The first-order chi connectivity index (χ1) is 18.4. The molecule has 0 bridgehead atoms. The molecule has 5 rings (SSSR count). The van der Waals surface area contributed by atoms with Gasteiger partial charge >= 0.3 is 0 Å². The second kappa shape index (κ2) is 10.4. The number of para-hydroxylation sites is 1. The van der Waals surface area contributed by atoms with Crippen LogP contribution in [-0.2, 0) is 0 Å². The number of benzene rings is 3. The summed E-state index contributed by atoms with van der Waals surface area (Å²) in [7, 11) is 1.57. The van der Waals surface area contributed by atoms with E-state index in [9.17, 15) is 9.59 Å². The van der Waals surface area contributed by atoms with E-state index in [1.54, 1.807) is 36.8 Å². The van der Waals surface area contributed by atoms with Crippen molar-refractivity contribution in [1.82, 2.24) is 19.9 Å². The summed E-state index contributed by atoms with van der Waals surface area (Å²) >= 11 is 6.40. The van der Waals surface area contributed by atoms with E-state index in [4.69, 9.17) is 22.1 Å². The summed E-state index contributed by atoms with van der Waals surface area (Å²) in [6, 6.07) is 23.0. The number of nitrogens with two attached hydrogens (primary N) is 1. The lowest BCUT2D eigenvalue weighted by Gasteiger charge is -2.21. The van der Waals surface area contributed by atoms with Gasteiger partial charge in [-0.15, -0.1) is 0 Å². The number of hydrogen-bond donors (Lipinski definition) is 2. The number of nitrogens with zero attached hydrogens (tertiary/aromatic N) is 3. The normalized spacial score (nSPS) is 11.8. The summed E-state index contributed by atoms with van der Waals surface area (Å²) in [5.74, 6) is 0.119. The Morgan fingerprint density at radius 3 is 2.58 bits per heavy atom. The van der Waals surface area contributed by atoms with E-state index in [0.717, 1.165) is 5.56 Å². The van der Waals surface area contributed by atoms with Crippen molar-refractivity contribution in [2.45, 2.75) is 13.0 Å². The van der Waals surface area contributed by atoms with Gasteiger partial charge in [0.2, 0.25) is 0 Å². The number of methoxy groups -OCH3 is 1. The maximum absolute atomic E-state index is 13.7. The summed E-state index contributed by atoms with van der Waals surface area (Å²) in [5.41, 5.74) is 8.16. The van der Waals surface area contributed by atoms with Crippen molar-refractivity contribution in [3.63, 3.8) is 0 Å². The molecule has 8 nitrogen and oxygen atoms in total. The highest BCUT2D eigenvalue weighted by molar-refractivity contribution is 6.35. The van der Waals surface area contributed by atoms with Gasteiger partial charge in [0.15, 0.2) is 11.5 Å².